The number of phosphoric ester groups is 1. The lowest BCUT2D eigenvalue weighted by atomic mass is 9.80. The first kappa shape index (κ1) is 87.2. The summed E-state index contributed by atoms with van der Waals surface area (Å²) in [6.07, 6.45) is -51.2. The van der Waals surface area contributed by atoms with Crippen LogP contribution in [0.25, 0.3) is 0 Å². The molecule has 0 saturated carbocycles. The van der Waals surface area contributed by atoms with E-state index in [2.05, 4.69) is 20.9 Å². The summed E-state index contributed by atoms with van der Waals surface area (Å²) in [4.78, 5) is 115. The third kappa shape index (κ3) is 20.9. The molecule has 8 rings (SSSR count). The number of Topliss-reactive ketones (excluding diaryl/α,β-unsaturated/α-hetero) is 2. The molecule has 46 nitrogen and oxygen atoms in total. The number of hydrogen-bond donors (Lipinski definition) is 20. The molecule has 1 aromatic carbocycles. The number of carbonyl (C=O) groups excluding carboxylic acids is 6. The number of ketones is 2. The molecule has 47 heteroatoms. The molecule has 2 amide bonds. The minimum atomic E-state index is -5.73. The van der Waals surface area contributed by atoms with Crippen molar-refractivity contribution in [2.45, 2.75) is 224 Å². The molecule has 0 bridgehead atoms. The fraction of sp³-hybridized carbons (Fsp3) is 0.721. The second kappa shape index (κ2) is 38.7. The van der Waals surface area contributed by atoms with Crippen LogP contribution in [0.4, 0.5) is 5.82 Å². The number of nitrogens with zero attached hydrogens (tertiary/aromatic N) is 2. The van der Waals surface area contributed by atoms with E-state index in [1.54, 1.807) is 12.1 Å². The number of amides is 2. The summed E-state index contributed by atoms with van der Waals surface area (Å²) < 4.78 is 96.4. The third-order valence-electron chi connectivity index (χ3n) is 18.3. The maximum absolute atomic E-state index is 13.5. The van der Waals surface area contributed by atoms with Crippen molar-refractivity contribution < 1.29 is 190 Å². The van der Waals surface area contributed by atoms with Crippen LogP contribution in [0.3, 0.4) is 0 Å². The quantitative estimate of drug-likeness (QED) is 0.0129. The predicted octanol–water partition coefficient (Wildman–Crippen LogP) is -10.9. The number of aliphatic carboxylic acids is 1. The van der Waals surface area contributed by atoms with Crippen LogP contribution in [0, 0.1) is 5.92 Å². The number of aliphatic hydroxyl groups is 14. The smallest absolute Gasteiger partial charge is 0.475 e. The van der Waals surface area contributed by atoms with Crippen molar-refractivity contribution >= 4 is 55.9 Å². The van der Waals surface area contributed by atoms with E-state index >= 15 is 0 Å². The monoisotopic (exact) mass is 1580 g/mol. The molecule has 6 saturated heterocycles. The maximum atomic E-state index is 13.5. The van der Waals surface area contributed by atoms with E-state index in [4.69, 9.17) is 76.4 Å². The number of carboxylic acids is 1. The fourth-order valence-electron chi connectivity index (χ4n) is 12.8. The first-order valence-corrected chi connectivity index (χ1v) is 34.9. The lowest BCUT2D eigenvalue weighted by Crippen LogP contribution is -2.70. The Morgan fingerprint density at radius 3 is 1.80 bits per heavy atom. The Hall–Kier alpha value is -6.34. The highest BCUT2D eigenvalue weighted by molar-refractivity contribution is 7.47. The average molecular weight is 1580 g/mol. The van der Waals surface area contributed by atoms with Crippen LogP contribution in [-0.4, -0.2) is 352 Å². The fourth-order valence-corrected chi connectivity index (χ4v) is 13.8. The van der Waals surface area contributed by atoms with Gasteiger partial charge in [0.2, 0.25) is 24.4 Å². The van der Waals surface area contributed by atoms with E-state index in [-0.39, 0.29) is 44.0 Å². The summed E-state index contributed by atoms with van der Waals surface area (Å²) in [5.41, 5.74) is 5.20. The van der Waals surface area contributed by atoms with E-state index in [0.717, 1.165) is 30.7 Å². The number of benzene rings is 1. The first-order chi connectivity index (χ1) is 51.1. The predicted molar refractivity (Wildman–Crippen MR) is 341 cm³/mol. The van der Waals surface area contributed by atoms with Crippen LogP contribution < -0.4 is 27.4 Å². The lowest BCUT2D eigenvalue weighted by Gasteiger charge is -2.49. The molecule has 11 unspecified atom stereocenters. The second-order valence-electron chi connectivity index (χ2n) is 25.7. The van der Waals surface area contributed by atoms with E-state index in [1.807, 2.05) is 0 Å². The molecule has 0 spiro atoms. The Bertz CT molecular complexity index is 3450. The Labute approximate surface area is 610 Å². The van der Waals surface area contributed by atoms with Crippen molar-refractivity contribution in [3.05, 3.63) is 58.1 Å². The topological polar surface area (TPSA) is 696 Å². The Morgan fingerprint density at radius 1 is 0.704 bits per heavy atom. The van der Waals surface area contributed by atoms with Gasteiger partial charge in [-0.25, -0.2) is 18.7 Å². The summed E-state index contributed by atoms with van der Waals surface area (Å²) in [7, 11) is -4.54. The number of aromatic nitrogens is 2. The summed E-state index contributed by atoms with van der Waals surface area (Å²) in [6, 6.07) is 3.87. The van der Waals surface area contributed by atoms with Gasteiger partial charge in [0.1, 0.15) is 115 Å². The van der Waals surface area contributed by atoms with Gasteiger partial charge in [-0.3, -0.25) is 37.9 Å². The largest absolute Gasteiger partial charge is 0.477 e. The van der Waals surface area contributed by atoms with Crippen molar-refractivity contribution in [1.29, 1.82) is 0 Å². The van der Waals surface area contributed by atoms with Crippen LogP contribution in [0.2, 0.25) is 0 Å². The number of anilines is 1. The highest BCUT2D eigenvalue weighted by Crippen LogP contribution is 2.53. The number of aliphatic hydroxyl groups excluding tert-OH is 14. The molecule has 21 N–H and O–H groups in total. The van der Waals surface area contributed by atoms with Crippen molar-refractivity contribution in [1.82, 2.24) is 25.5 Å². The van der Waals surface area contributed by atoms with E-state index < -0.39 is 279 Å². The molecule has 6 aliphatic rings. The van der Waals surface area contributed by atoms with Gasteiger partial charge in [0.25, 0.3) is 18.7 Å². The van der Waals surface area contributed by atoms with Gasteiger partial charge >= 0.3 is 19.5 Å². The van der Waals surface area contributed by atoms with Crippen molar-refractivity contribution in [3.63, 3.8) is 0 Å². The second-order valence-corrected chi connectivity index (χ2v) is 27.1. The zero-order chi connectivity index (χ0) is 79.4. The minimum absolute atomic E-state index is 0.0105. The number of rotatable bonds is 37. The SMILES string of the molecule is CO[C@@H]1C(CO)O[C@H](O[C@@H]2C(OC=O)O[C@@H](O[C@@H]3C(CO)O[C@H](O[C@@H]4C(OC=O)O[C@@H](OCCNCc5ccc(C(=O)CCC(=O)C[C@H]6C([C@H](O)[C@H](O)CO)O[C@](OP(=O)(O)OC[C@H]7O[C@@H](n8ccc(N)nc8=O)C(O)[C@H]7O)(C(=O)O)C[C@H]6O)cc5)C(O)[C@H]4O)C(NC(C)=O)[C@H]3O)C(O)[C@H]2O)C(NC(C)=O)[C@H]1O. The third-order valence-corrected chi connectivity index (χ3v) is 19.3. The van der Waals surface area contributed by atoms with Gasteiger partial charge in [-0.05, 0) is 11.6 Å². The Balaban J connectivity index is 0.806. The lowest BCUT2D eigenvalue weighted by molar-refractivity contribution is -0.398. The number of nitrogens with one attached hydrogen (secondary N) is 3. The molecule has 0 radical (unpaired) electrons. The van der Waals surface area contributed by atoms with Crippen LogP contribution in [0.5, 0.6) is 0 Å². The normalized spacial score (nSPS) is 37.6. The maximum Gasteiger partial charge on any atom is 0.475 e. The highest BCUT2D eigenvalue weighted by atomic mass is 31.2. The summed E-state index contributed by atoms with van der Waals surface area (Å²) in [6.45, 7) is -2.41. The molecule has 2 aromatic rings. The molecule has 0 aliphatic carbocycles. The Kier molecular flexibility index (Phi) is 31.3. The molecule has 31 atom stereocenters. The number of phosphoric acid groups is 1. The molecule has 6 fully saturated rings. The number of ether oxygens (including phenoxy) is 13. The van der Waals surface area contributed by atoms with Gasteiger partial charge in [-0.2, -0.15) is 4.98 Å². The van der Waals surface area contributed by atoms with Gasteiger partial charge in [-0.1, -0.05) is 24.3 Å². The van der Waals surface area contributed by atoms with E-state index in [1.165, 1.54) is 19.2 Å². The van der Waals surface area contributed by atoms with E-state index in [9.17, 15) is 124 Å². The molecular formula is C61H89N6O40P. The van der Waals surface area contributed by atoms with E-state index in [0.29, 0.717) is 5.56 Å². The number of carbonyl (C=O) groups is 7. The van der Waals surface area contributed by atoms with Gasteiger partial charge in [-0.15, -0.1) is 0 Å². The summed E-state index contributed by atoms with van der Waals surface area (Å²) in [5, 5.41) is 171. The van der Waals surface area contributed by atoms with Crippen LogP contribution >= 0.6 is 7.82 Å². The van der Waals surface area contributed by atoms with Gasteiger partial charge in [0.15, 0.2) is 49.4 Å². The number of nitrogen functional groups attached to an aromatic ring is 1. The Morgan fingerprint density at radius 2 is 1.26 bits per heavy atom. The van der Waals surface area contributed by atoms with Crippen molar-refractivity contribution in [2.24, 2.45) is 5.92 Å². The molecule has 108 heavy (non-hydrogen) atoms. The summed E-state index contributed by atoms with van der Waals surface area (Å²) in [5.74, 6) is -10.3. The van der Waals surface area contributed by atoms with Crippen LogP contribution in [-0.2, 0) is 111 Å². The van der Waals surface area contributed by atoms with Crippen LogP contribution in [0.15, 0.2) is 41.3 Å². The zero-order valence-electron chi connectivity index (χ0n) is 57.5. The average Bonchev–Trinajstić information content (AvgIpc) is 0.959. The van der Waals surface area contributed by atoms with Crippen LogP contribution in [0.1, 0.15) is 61.7 Å². The minimum Gasteiger partial charge on any atom is -0.477 e. The van der Waals surface area contributed by atoms with Gasteiger partial charge < -0.3 is 165 Å². The molecule has 608 valence electrons. The zero-order valence-corrected chi connectivity index (χ0v) is 58.4. The number of methoxy groups -OCH3 is 1. The molecule has 7 heterocycles. The molecule has 6 aliphatic heterocycles. The first-order valence-electron chi connectivity index (χ1n) is 33.4. The van der Waals surface area contributed by atoms with Gasteiger partial charge in [0, 0.05) is 77.4 Å². The van der Waals surface area contributed by atoms with Crippen molar-refractivity contribution in [2.75, 3.05) is 52.4 Å². The molecular weight excluding hydrogens is 1490 g/mol. The molecule has 1 aromatic heterocycles. The number of carboxylic acid groups (broad SMARTS) is 1. The number of nitrogens with two attached hydrogens (primary N) is 1. The van der Waals surface area contributed by atoms with Crippen molar-refractivity contribution in [3.8, 4) is 0 Å². The standard InChI is InChI=1S/C61H89N6O40P/c1-23(73)64-36-40(81)48(93-3)32(18-69)99-53(36)103-51-43(84)46(87)56(105-58(51)96-22-72)101-49-33(19-70)100-54(37(41(49)82)65-24(2)74)102-50-42(83)45(86)55(104-57(50)95-21-71)94-13-11-63-16-25-4-6-26(7-5-25)29(76)9-8-27(75)14-28-30(77)15-61(59(88)89,106-47(28)38(79)31(78)17-68)107-108(91,92)97-20-34-39(80)44(85)52(98-34)67-12-10-35(62)66-60(67)90/h4-7,10,12,21-22,28,30-34,36-58,63,68-70,77-87H,8-9,11,13-20H2,1-3H3,(H,64,73)(H,65,74)(H,88,89)(H,91,92)(H2,62,66,90)/t28-,30-,31-,32?,33?,34-,36?,37?,38-,39+,40-,41-,42-,43-,44?,45?,46?,47?,48-,49-,50+,51+,52-,53-,54-,55-,56-,57?,58?,61-/m1/s1. The summed E-state index contributed by atoms with van der Waals surface area (Å²) >= 11 is 0. The number of hydrogen-bond acceptors (Lipinski definition) is 41. The highest BCUT2D eigenvalue weighted by Gasteiger charge is 2.61. The van der Waals surface area contributed by atoms with Gasteiger partial charge in [0.05, 0.1) is 45.2 Å².